The highest BCUT2D eigenvalue weighted by Crippen LogP contribution is 2.38. The summed E-state index contributed by atoms with van der Waals surface area (Å²) in [7, 11) is 0. The number of hydrogen-bond donors (Lipinski definition) is 1. The van der Waals surface area contributed by atoms with Crippen molar-refractivity contribution in [3.8, 4) is 11.4 Å². The molecule has 1 aromatic heterocycles. The SMILES string of the molecule is CC(C)(c1ccc(Cl)c(Cl)c1)c1cnc(SCc2ccc(F)c(OCC(=O)O)c2)n1-c1ccc(F)cc1. The number of carboxylic acids is 1. The lowest BCUT2D eigenvalue weighted by Crippen LogP contribution is -2.23. The van der Waals surface area contributed by atoms with Crippen LogP contribution < -0.4 is 4.74 Å². The third-order valence-electron chi connectivity index (χ3n) is 5.81. The highest BCUT2D eigenvalue weighted by molar-refractivity contribution is 7.98. The zero-order valence-electron chi connectivity index (χ0n) is 19.8. The van der Waals surface area contributed by atoms with Crippen molar-refractivity contribution in [2.75, 3.05) is 6.61 Å². The summed E-state index contributed by atoms with van der Waals surface area (Å²) in [5.74, 6) is -1.94. The van der Waals surface area contributed by atoms with Gasteiger partial charge in [-0.15, -0.1) is 0 Å². The third kappa shape index (κ3) is 6.09. The van der Waals surface area contributed by atoms with Crippen molar-refractivity contribution in [3.05, 3.63) is 105 Å². The van der Waals surface area contributed by atoms with Gasteiger partial charge < -0.3 is 9.84 Å². The van der Waals surface area contributed by atoms with Gasteiger partial charge in [0.25, 0.3) is 0 Å². The van der Waals surface area contributed by atoms with Crippen molar-refractivity contribution >= 4 is 40.9 Å². The molecule has 0 spiro atoms. The van der Waals surface area contributed by atoms with Crippen LogP contribution in [-0.4, -0.2) is 27.2 Å². The number of carbonyl (C=O) groups is 1. The molecule has 0 aliphatic rings. The summed E-state index contributed by atoms with van der Waals surface area (Å²) in [5, 5.41) is 10.3. The van der Waals surface area contributed by atoms with Crippen molar-refractivity contribution in [2.24, 2.45) is 0 Å². The summed E-state index contributed by atoms with van der Waals surface area (Å²) in [6.07, 6.45) is 1.76. The molecule has 4 aromatic rings. The number of aliphatic carboxylic acids is 1. The summed E-state index contributed by atoms with van der Waals surface area (Å²) < 4.78 is 34.8. The summed E-state index contributed by atoms with van der Waals surface area (Å²) in [5.41, 5.74) is 2.63. The average Bonchev–Trinajstić information content (AvgIpc) is 3.29. The topological polar surface area (TPSA) is 64.3 Å². The van der Waals surface area contributed by atoms with Crippen LogP contribution in [0.2, 0.25) is 10.0 Å². The van der Waals surface area contributed by atoms with Crippen LogP contribution >= 0.6 is 35.0 Å². The van der Waals surface area contributed by atoms with Gasteiger partial charge in [0.1, 0.15) is 5.82 Å². The van der Waals surface area contributed by atoms with E-state index in [9.17, 15) is 13.6 Å². The maximum Gasteiger partial charge on any atom is 0.341 e. The van der Waals surface area contributed by atoms with Gasteiger partial charge in [-0.1, -0.05) is 60.9 Å². The molecule has 0 saturated carbocycles. The van der Waals surface area contributed by atoms with Crippen LogP contribution in [0.1, 0.15) is 30.7 Å². The monoisotopic (exact) mass is 562 g/mol. The molecule has 5 nitrogen and oxygen atoms in total. The summed E-state index contributed by atoms with van der Waals surface area (Å²) >= 11 is 13.8. The van der Waals surface area contributed by atoms with Crippen molar-refractivity contribution in [2.45, 2.75) is 30.2 Å². The van der Waals surface area contributed by atoms with Gasteiger partial charge in [0.2, 0.25) is 0 Å². The van der Waals surface area contributed by atoms with Gasteiger partial charge in [-0.3, -0.25) is 4.57 Å². The number of thioether (sulfide) groups is 1. The minimum atomic E-state index is -1.20. The molecule has 10 heteroatoms. The minimum absolute atomic E-state index is 0.135. The Morgan fingerprint density at radius 2 is 1.78 bits per heavy atom. The van der Waals surface area contributed by atoms with E-state index in [1.165, 1.54) is 36.0 Å². The van der Waals surface area contributed by atoms with Crippen molar-refractivity contribution in [1.82, 2.24) is 9.55 Å². The van der Waals surface area contributed by atoms with E-state index in [0.29, 0.717) is 32.2 Å². The van der Waals surface area contributed by atoms with Gasteiger partial charge in [-0.05, 0) is 59.7 Å². The highest BCUT2D eigenvalue weighted by Gasteiger charge is 2.30. The molecule has 4 rings (SSSR count). The first kappa shape index (κ1) is 27.0. The third-order valence-corrected chi connectivity index (χ3v) is 7.57. The van der Waals surface area contributed by atoms with E-state index in [1.807, 2.05) is 30.5 Å². The summed E-state index contributed by atoms with van der Waals surface area (Å²) in [6, 6.07) is 15.9. The fourth-order valence-corrected chi connectivity index (χ4v) is 5.02. The molecule has 0 atom stereocenters. The molecule has 0 saturated heterocycles. The summed E-state index contributed by atoms with van der Waals surface area (Å²) in [4.78, 5) is 15.4. The van der Waals surface area contributed by atoms with Crippen molar-refractivity contribution in [3.63, 3.8) is 0 Å². The van der Waals surface area contributed by atoms with Crippen LogP contribution in [0.25, 0.3) is 5.69 Å². The molecule has 0 unspecified atom stereocenters. The Morgan fingerprint density at radius 3 is 2.46 bits per heavy atom. The van der Waals surface area contributed by atoms with Gasteiger partial charge in [0.15, 0.2) is 23.3 Å². The zero-order valence-corrected chi connectivity index (χ0v) is 22.2. The number of nitrogens with zero attached hydrogens (tertiary/aromatic N) is 2. The van der Waals surface area contributed by atoms with Crippen LogP contribution in [0.15, 0.2) is 72.0 Å². The maximum absolute atomic E-state index is 14.1. The predicted octanol–water partition coefficient (Wildman–Crippen LogP) is 7.54. The average molecular weight is 563 g/mol. The Labute approximate surface area is 227 Å². The lowest BCUT2D eigenvalue weighted by Gasteiger charge is -2.28. The fourth-order valence-electron chi connectivity index (χ4n) is 3.79. The van der Waals surface area contributed by atoms with Gasteiger partial charge in [-0.25, -0.2) is 18.6 Å². The first-order chi connectivity index (χ1) is 17.6. The van der Waals surface area contributed by atoms with Crippen LogP contribution in [0.4, 0.5) is 8.78 Å². The molecular formula is C27H22Cl2F2N2O3S. The molecule has 0 aliphatic heterocycles. The van der Waals surface area contributed by atoms with Crippen LogP contribution in [0, 0.1) is 11.6 Å². The first-order valence-corrected chi connectivity index (χ1v) is 12.9. The van der Waals surface area contributed by atoms with Crippen LogP contribution in [0.3, 0.4) is 0 Å². The second kappa shape index (κ2) is 11.1. The minimum Gasteiger partial charge on any atom is -0.479 e. The zero-order chi connectivity index (χ0) is 26.7. The number of rotatable bonds is 9. The van der Waals surface area contributed by atoms with Crippen molar-refractivity contribution < 1.29 is 23.4 Å². The van der Waals surface area contributed by atoms with E-state index in [-0.39, 0.29) is 11.6 Å². The molecule has 0 amide bonds. The smallest absolute Gasteiger partial charge is 0.341 e. The molecule has 0 bridgehead atoms. The molecular weight excluding hydrogens is 541 g/mol. The Morgan fingerprint density at radius 1 is 1.05 bits per heavy atom. The highest BCUT2D eigenvalue weighted by atomic mass is 35.5. The number of carboxylic acid groups (broad SMARTS) is 1. The summed E-state index contributed by atoms with van der Waals surface area (Å²) in [6.45, 7) is 3.42. The lowest BCUT2D eigenvalue weighted by atomic mass is 9.81. The normalized spacial score (nSPS) is 11.5. The number of halogens is 4. The molecule has 3 aromatic carbocycles. The Bertz CT molecular complexity index is 1440. The quantitative estimate of drug-likeness (QED) is 0.213. The van der Waals surface area contributed by atoms with E-state index in [0.717, 1.165) is 11.3 Å². The second-order valence-electron chi connectivity index (χ2n) is 8.73. The molecule has 37 heavy (non-hydrogen) atoms. The van der Waals surface area contributed by atoms with Crippen molar-refractivity contribution in [1.29, 1.82) is 0 Å². The number of aromatic nitrogens is 2. The predicted molar refractivity (Wildman–Crippen MR) is 141 cm³/mol. The largest absolute Gasteiger partial charge is 0.479 e. The first-order valence-electron chi connectivity index (χ1n) is 11.1. The van der Waals surface area contributed by atoms with Gasteiger partial charge >= 0.3 is 5.97 Å². The molecule has 0 fully saturated rings. The second-order valence-corrected chi connectivity index (χ2v) is 10.5. The number of imidazole rings is 1. The van der Waals surface area contributed by atoms with E-state index in [1.54, 1.807) is 30.5 Å². The Balaban J connectivity index is 1.70. The Hall–Kier alpha value is -3.07. The molecule has 1 N–H and O–H groups in total. The molecule has 1 heterocycles. The van der Waals surface area contributed by atoms with E-state index < -0.39 is 23.8 Å². The molecule has 0 radical (unpaired) electrons. The number of hydrogen-bond acceptors (Lipinski definition) is 4. The molecule has 192 valence electrons. The van der Waals surface area contributed by atoms with Crippen LogP contribution in [0.5, 0.6) is 5.75 Å². The number of ether oxygens (including phenoxy) is 1. The maximum atomic E-state index is 14.1. The Kier molecular flexibility index (Phi) is 8.11. The molecule has 0 aliphatic carbocycles. The van der Waals surface area contributed by atoms with Gasteiger partial charge in [0, 0.05) is 16.9 Å². The van der Waals surface area contributed by atoms with Crippen LogP contribution in [-0.2, 0) is 16.0 Å². The van der Waals surface area contributed by atoms with Gasteiger partial charge in [-0.2, -0.15) is 0 Å². The lowest BCUT2D eigenvalue weighted by molar-refractivity contribution is -0.139. The number of benzene rings is 3. The van der Waals surface area contributed by atoms with E-state index in [2.05, 4.69) is 4.98 Å². The van der Waals surface area contributed by atoms with Gasteiger partial charge in [0.05, 0.1) is 21.9 Å². The van der Waals surface area contributed by atoms with E-state index in [4.69, 9.17) is 33.0 Å². The fraction of sp³-hybridized carbons (Fsp3) is 0.185. The van der Waals surface area contributed by atoms with E-state index >= 15 is 0 Å². The standard InChI is InChI=1S/C27H22Cl2F2N2O3S/c1-27(2,17-4-9-20(28)21(29)12-17)24-13-32-26(33(24)19-7-5-18(30)6-8-19)37-15-16-3-10-22(31)23(11-16)36-14-25(34)35/h3-13H,14-15H2,1-2H3,(H,34,35).